The first kappa shape index (κ1) is 24.9. The summed E-state index contributed by atoms with van der Waals surface area (Å²) in [4.78, 5) is 37.7. The Morgan fingerprint density at radius 1 is 0.794 bits per heavy atom. The summed E-state index contributed by atoms with van der Waals surface area (Å²) in [6.45, 7) is 3.54. The Balaban J connectivity index is 1.77. The summed E-state index contributed by atoms with van der Waals surface area (Å²) in [5, 5.41) is 2.93. The van der Waals surface area contributed by atoms with Crippen LogP contribution in [0.5, 0.6) is 0 Å². The van der Waals surface area contributed by atoms with Crippen LogP contribution in [-0.2, 0) is 27.2 Å². The third-order valence-electron chi connectivity index (χ3n) is 5.67. The first-order valence-electron chi connectivity index (χ1n) is 11.5. The molecule has 3 rings (SSSR count). The molecule has 5 heteroatoms. The highest BCUT2D eigenvalue weighted by molar-refractivity contribution is 5.98. The Morgan fingerprint density at radius 2 is 1.38 bits per heavy atom. The molecule has 0 radical (unpaired) electrons. The minimum Gasteiger partial charge on any atom is -0.466 e. The van der Waals surface area contributed by atoms with Gasteiger partial charge in [0.2, 0.25) is 0 Å². The summed E-state index contributed by atoms with van der Waals surface area (Å²) in [6.07, 6.45) is 1.18. The van der Waals surface area contributed by atoms with Crippen LogP contribution in [0.2, 0.25) is 0 Å². The van der Waals surface area contributed by atoms with E-state index in [4.69, 9.17) is 4.74 Å². The van der Waals surface area contributed by atoms with Gasteiger partial charge < -0.3 is 10.1 Å². The van der Waals surface area contributed by atoms with Crippen LogP contribution in [0.1, 0.15) is 40.4 Å². The van der Waals surface area contributed by atoms with E-state index in [9.17, 15) is 14.4 Å². The molecule has 0 heterocycles. The normalized spacial score (nSPS) is 12.4. The van der Waals surface area contributed by atoms with E-state index in [1.54, 1.807) is 24.3 Å². The van der Waals surface area contributed by atoms with Crippen LogP contribution in [0.4, 0.5) is 0 Å². The first-order chi connectivity index (χ1) is 16.4. The number of aryl methyl sites for hydroxylation is 1. The lowest BCUT2D eigenvalue weighted by Crippen LogP contribution is -2.43. The van der Waals surface area contributed by atoms with Crippen LogP contribution in [0.15, 0.2) is 84.9 Å². The van der Waals surface area contributed by atoms with Gasteiger partial charge >= 0.3 is 5.97 Å². The van der Waals surface area contributed by atoms with Gasteiger partial charge in [0, 0.05) is 24.8 Å². The molecule has 0 aliphatic heterocycles. The van der Waals surface area contributed by atoms with E-state index in [1.807, 2.05) is 67.6 Å². The SMILES string of the molecule is CC(=O)OC[C@@H](CC(=O)[C@H](Cc1ccccc1)NC(=O)c1ccccc1)Cc1ccc(C)cc1. The number of rotatable bonds is 11. The van der Waals surface area contributed by atoms with E-state index < -0.39 is 6.04 Å². The predicted molar refractivity (Wildman–Crippen MR) is 132 cm³/mol. The van der Waals surface area contributed by atoms with E-state index in [1.165, 1.54) is 6.92 Å². The largest absolute Gasteiger partial charge is 0.466 e. The standard InChI is InChI=1S/C29H31NO4/c1-21-13-15-24(16-14-21)17-25(20-34-22(2)31)19-28(32)27(18-23-9-5-3-6-10-23)30-29(33)26-11-7-4-8-12-26/h3-16,25,27H,17-20H2,1-2H3,(H,30,33)/t25-,27+/m1/s1. The molecule has 3 aromatic rings. The van der Waals surface area contributed by atoms with Crippen molar-refractivity contribution >= 4 is 17.7 Å². The number of ether oxygens (including phenoxy) is 1. The Hall–Kier alpha value is -3.73. The maximum atomic E-state index is 13.5. The third kappa shape index (κ3) is 8.00. The molecule has 0 aliphatic carbocycles. The number of hydrogen-bond donors (Lipinski definition) is 1. The van der Waals surface area contributed by atoms with Crippen LogP contribution in [0.3, 0.4) is 0 Å². The molecular formula is C29H31NO4. The van der Waals surface area contributed by atoms with Crippen molar-refractivity contribution in [3.05, 3.63) is 107 Å². The third-order valence-corrected chi connectivity index (χ3v) is 5.67. The van der Waals surface area contributed by atoms with E-state index in [0.717, 1.165) is 16.7 Å². The fourth-order valence-corrected chi connectivity index (χ4v) is 3.84. The van der Waals surface area contributed by atoms with Crippen molar-refractivity contribution in [2.75, 3.05) is 6.61 Å². The zero-order valence-electron chi connectivity index (χ0n) is 19.7. The average Bonchev–Trinajstić information content (AvgIpc) is 2.84. The van der Waals surface area contributed by atoms with Crippen molar-refractivity contribution in [1.29, 1.82) is 0 Å². The Labute approximate surface area is 201 Å². The quantitative estimate of drug-likeness (QED) is 0.423. The number of ketones is 1. The molecule has 5 nitrogen and oxygen atoms in total. The summed E-state index contributed by atoms with van der Waals surface area (Å²) in [7, 11) is 0. The summed E-state index contributed by atoms with van der Waals surface area (Å²) in [6, 6.07) is 25.9. The molecule has 0 spiro atoms. The number of Topliss-reactive ketones (excluding diaryl/α,β-unsaturated/α-hetero) is 1. The van der Waals surface area contributed by atoms with Crippen LogP contribution >= 0.6 is 0 Å². The van der Waals surface area contributed by atoms with Gasteiger partial charge in [-0.3, -0.25) is 14.4 Å². The Morgan fingerprint density at radius 3 is 2.00 bits per heavy atom. The fraction of sp³-hybridized carbons (Fsp3) is 0.276. The zero-order valence-corrected chi connectivity index (χ0v) is 19.7. The van der Waals surface area contributed by atoms with Crippen LogP contribution < -0.4 is 5.32 Å². The van der Waals surface area contributed by atoms with Gasteiger partial charge in [0.05, 0.1) is 12.6 Å². The lowest BCUT2D eigenvalue weighted by atomic mass is 9.90. The van der Waals surface area contributed by atoms with Gasteiger partial charge in [-0.1, -0.05) is 78.4 Å². The first-order valence-corrected chi connectivity index (χ1v) is 11.5. The van der Waals surface area contributed by atoms with Crippen molar-refractivity contribution < 1.29 is 19.1 Å². The highest BCUT2D eigenvalue weighted by Crippen LogP contribution is 2.17. The van der Waals surface area contributed by atoms with Crippen molar-refractivity contribution in [3.8, 4) is 0 Å². The highest BCUT2D eigenvalue weighted by atomic mass is 16.5. The molecule has 0 bridgehead atoms. The maximum absolute atomic E-state index is 13.5. The average molecular weight is 458 g/mol. The van der Waals surface area contributed by atoms with E-state index in [-0.39, 0.29) is 36.6 Å². The van der Waals surface area contributed by atoms with E-state index in [0.29, 0.717) is 18.4 Å². The van der Waals surface area contributed by atoms with Gasteiger partial charge in [-0.15, -0.1) is 0 Å². The molecule has 0 unspecified atom stereocenters. The number of amides is 1. The molecule has 3 aromatic carbocycles. The lowest BCUT2D eigenvalue weighted by Gasteiger charge is -2.22. The van der Waals surface area contributed by atoms with Gasteiger partial charge in [0.15, 0.2) is 5.78 Å². The minimum atomic E-state index is -0.687. The Bertz CT molecular complexity index is 1080. The van der Waals surface area contributed by atoms with Gasteiger partial charge in [-0.05, 0) is 43.0 Å². The van der Waals surface area contributed by atoms with E-state index >= 15 is 0 Å². The molecular weight excluding hydrogens is 426 g/mol. The van der Waals surface area contributed by atoms with Crippen molar-refractivity contribution in [3.63, 3.8) is 0 Å². The molecule has 0 aromatic heterocycles. The van der Waals surface area contributed by atoms with Crippen molar-refractivity contribution in [2.45, 2.75) is 39.2 Å². The minimum absolute atomic E-state index is 0.0857. The second-order valence-electron chi connectivity index (χ2n) is 8.61. The molecule has 1 N–H and O–H groups in total. The molecule has 1 amide bonds. The number of carbonyl (C=O) groups is 3. The molecule has 2 atom stereocenters. The van der Waals surface area contributed by atoms with Gasteiger partial charge in [0.25, 0.3) is 5.91 Å². The second kappa shape index (κ2) is 12.5. The highest BCUT2D eigenvalue weighted by Gasteiger charge is 2.25. The van der Waals surface area contributed by atoms with Crippen LogP contribution in [-0.4, -0.2) is 30.3 Å². The second-order valence-corrected chi connectivity index (χ2v) is 8.61. The molecule has 0 aliphatic rings. The number of carbonyl (C=O) groups excluding carboxylic acids is 3. The Kier molecular flexibility index (Phi) is 9.15. The fourth-order valence-electron chi connectivity index (χ4n) is 3.84. The number of hydrogen-bond acceptors (Lipinski definition) is 4. The van der Waals surface area contributed by atoms with E-state index in [2.05, 4.69) is 5.32 Å². The summed E-state index contributed by atoms with van der Waals surface area (Å²) in [5.41, 5.74) is 3.69. The smallest absolute Gasteiger partial charge is 0.302 e. The van der Waals surface area contributed by atoms with Crippen molar-refractivity contribution in [1.82, 2.24) is 5.32 Å². The summed E-state index contributed by atoms with van der Waals surface area (Å²) in [5.74, 6) is -0.937. The number of nitrogens with one attached hydrogen (secondary N) is 1. The molecule has 0 saturated heterocycles. The molecule has 0 fully saturated rings. The molecule has 176 valence electrons. The predicted octanol–water partition coefficient (Wildman–Crippen LogP) is 4.72. The number of benzene rings is 3. The molecule has 0 saturated carbocycles. The lowest BCUT2D eigenvalue weighted by molar-refractivity contribution is -0.143. The van der Waals surface area contributed by atoms with Crippen LogP contribution in [0, 0.1) is 12.8 Å². The molecule has 34 heavy (non-hydrogen) atoms. The zero-order chi connectivity index (χ0) is 24.3. The maximum Gasteiger partial charge on any atom is 0.302 e. The summed E-state index contributed by atoms with van der Waals surface area (Å²) >= 11 is 0. The van der Waals surface area contributed by atoms with Crippen molar-refractivity contribution in [2.24, 2.45) is 5.92 Å². The monoisotopic (exact) mass is 457 g/mol. The van der Waals surface area contributed by atoms with Gasteiger partial charge in [0.1, 0.15) is 0 Å². The van der Waals surface area contributed by atoms with Gasteiger partial charge in [-0.2, -0.15) is 0 Å². The van der Waals surface area contributed by atoms with Gasteiger partial charge in [-0.25, -0.2) is 0 Å². The summed E-state index contributed by atoms with van der Waals surface area (Å²) < 4.78 is 5.27. The van der Waals surface area contributed by atoms with Crippen LogP contribution in [0.25, 0.3) is 0 Å². The number of esters is 1. The topological polar surface area (TPSA) is 72.5 Å².